The molecule has 3 nitrogen and oxygen atoms in total. The van der Waals surface area contributed by atoms with Gasteiger partial charge in [0.1, 0.15) is 12.6 Å². The van der Waals surface area contributed by atoms with Crippen LogP contribution in [0.25, 0.3) is 0 Å². The maximum Gasteiger partial charge on any atom is 0.192 e. The third kappa shape index (κ3) is 1.89. The van der Waals surface area contributed by atoms with E-state index in [2.05, 4.69) is 6.92 Å². The Morgan fingerprint density at radius 1 is 1.36 bits per heavy atom. The number of rotatable bonds is 4. The zero-order valence-electron chi connectivity index (χ0n) is 8.52. The van der Waals surface area contributed by atoms with Crippen molar-refractivity contribution in [2.45, 2.75) is 25.8 Å². The normalized spacial score (nSPS) is 20.1. The Labute approximate surface area is 84.6 Å². The quantitative estimate of drug-likeness (QED) is 0.450. The molecule has 14 heavy (non-hydrogen) atoms. The molecular formula is C11H17N2O+. The lowest BCUT2D eigenvalue weighted by molar-refractivity contribution is -1.10. The molecule has 0 bridgehead atoms. The van der Waals surface area contributed by atoms with E-state index in [1.807, 2.05) is 30.3 Å². The molecule has 0 amide bonds. The molecule has 1 aromatic carbocycles. The van der Waals surface area contributed by atoms with Crippen molar-refractivity contribution in [2.75, 3.05) is 6.54 Å². The highest BCUT2D eigenvalue weighted by molar-refractivity contribution is 5.20. The second-order valence-corrected chi connectivity index (χ2v) is 3.81. The summed E-state index contributed by atoms with van der Waals surface area (Å²) >= 11 is 0. The molecule has 0 spiro atoms. The van der Waals surface area contributed by atoms with Crippen molar-refractivity contribution in [2.24, 2.45) is 5.84 Å². The standard InChI is InChI=1S/C11H17N2O/c1-2-13(12,10-8-9-10)14-11-6-4-3-5-7-11/h3-7,10H,2,8-9,12H2,1H3/q+1. The highest BCUT2D eigenvalue weighted by Crippen LogP contribution is 2.31. The van der Waals surface area contributed by atoms with Gasteiger partial charge in [-0.25, -0.2) is 0 Å². The van der Waals surface area contributed by atoms with Gasteiger partial charge in [0, 0.05) is 12.8 Å². The summed E-state index contributed by atoms with van der Waals surface area (Å²) in [6.45, 7) is 2.86. The van der Waals surface area contributed by atoms with E-state index in [0.29, 0.717) is 6.04 Å². The van der Waals surface area contributed by atoms with Crippen LogP contribution in [0.4, 0.5) is 0 Å². The first kappa shape index (κ1) is 9.49. The van der Waals surface area contributed by atoms with E-state index in [1.165, 1.54) is 12.8 Å². The first-order valence-electron chi connectivity index (χ1n) is 5.15. The summed E-state index contributed by atoms with van der Waals surface area (Å²) < 4.78 is 0.226. The van der Waals surface area contributed by atoms with Crippen molar-refractivity contribution in [3.63, 3.8) is 0 Å². The van der Waals surface area contributed by atoms with Gasteiger partial charge in [-0.2, -0.15) is 0 Å². The second-order valence-electron chi connectivity index (χ2n) is 3.81. The number of benzene rings is 1. The Balaban J connectivity index is 2.08. The Morgan fingerprint density at radius 2 is 2.00 bits per heavy atom. The van der Waals surface area contributed by atoms with Crippen LogP contribution in [0.1, 0.15) is 19.8 Å². The van der Waals surface area contributed by atoms with E-state index >= 15 is 0 Å². The highest BCUT2D eigenvalue weighted by atomic mass is 16.7. The van der Waals surface area contributed by atoms with Gasteiger partial charge < -0.3 is 0 Å². The Kier molecular flexibility index (Phi) is 2.44. The molecule has 2 rings (SSSR count). The van der Waals surface area contributed by atoms with Gasteiger partial charge >= 0.3 is 0 Å². The minimum Gasteiger partial charge on any atom is -0.295 e. The molecule has 2 N–H and O–H groups in total. The Bertz CT molecular complexity index is 297. The molecule has 3 heteroatoms. The van der Waals surface area contributed by atoms with E-state index < -0.39 is 0 Å². The van der Waals surface area contributed by atoms with Gasteiger partial charge in [0.25, 0.3) is 0 Å². The maximum absolute atomic E-state index is 6.15. The highest BCUT2D eigenvalue weighted by Gasteiger charge is 2.45. The molecule has 0 saturated heterocycles. The van der Waals surface area contributed by atoms with E-state index in [4.69, 9.17) is 10.7 Å². The van der Waals surface area contributed by atoms with Gasteiger partial charge in [0.05, 0.1) is 0 Å². The molecule has 1 aliphatic carbocycles. The van der Waals surface area contributed by atoms with Crippen LogP contribution in [0.5, 0.6) is 5.75 Å². The summed E-state index contributed by atoms with van der Waals surface area (Å²) in [5.74, 6) is 7.00. The number of hydroxylamine groups is 2. The van der Waals surface area contributed by atoms with Crippen LogP contribution < -0.4 is 10.7 Å². The van der Waals surface area contributed by atoms with Gasteiger partial charge in [-0.1, -0.05) is 23.0 Å². The largest absolute Gasteiger partial charge is 0.295 e. The topological polar surface area (TPSA) is 35.2 Å². The minimum atomic E-state index is 0.226. The molecule has 0 aromatic heterocycles. The van der Waals surface area contributed by atoms with E-state index in [1.54, 1.807) is 0 Å². The van der Waals surface area contributed by atoms with Crippen LogP contribution in [0.15, 0.2) is 30.3 Å². The summed E-state index contributed by atoms with van der Waals surface area (Å²) in [6, 6.07) is 10.3. The van der Waals surface area contributed by atoms with Gasteiger partial charge in [-0.15, -0.1) is 5.84 Å². The van der Waals surface area contributed by atoms with Crippen LogP contribution in [-0.4, -0.2) is 17.3 Å². The molecule has 1 aliphatic rings. The average molecular weight is 193 g/mol. The van der Waals surface area contributed by atoms with Gasteiger partial charge in [-0.3, -0.25) is 4.84 Å². The fourth-order valence-corrected chi connectivity index (χ4v) is 1.59. The maximum atomic E-state index is 6.15. The molecule has 0 radical (unpaired) electrons. The fourth-order valence-electron chi connectivity index (χ4n) is 1.59. The van der Waals surface area contributed by atoms with Crippen LogP contribution in [0, 0.1) is 0 Å². The van der Waals surface area contributed by atoms with E-state index in [0.717, 1.165) is 12.3 Å². The predicted octanol–water partition coefficient (Wildman–Crippen LogP) is 1.85. The first-order chi connectivity index (χ1) is 6.74. The van der Waals surface area contributed by atoms with Crippen LogP contribution in [0.2, 0.25) is 0 Å². The number of hydrogen-bond acceptors (Lipinski definition) is 2. The van der Waals surface area contributed by atoms with Crippen LogP contribution >= 0.6 is 0 Å². The van der Waals surface area contributed by atoms with Gasteiger partial charge in [0.15, 0.2) is 5.75 Å². The van der Waals surface area contributed by atoms with Crippen molar-refractivity contribution in [3.05, 3.63) is 30.3 Å². The van der Waals surface area contributed by atoms with E-state index in [9.17, 15) is 0 Å². The summed E-state index contributed by atoms with van der Waals surface area (Å²) in [6.07, 6.45) is 2.36. The molecule has 1 aromatic rings. The van der Waals surface area contributed by atoms with E-state index in [-0.39, 0.29) is 4.76 Å². The number of quaternary nitrogens is 1. The van der Waals surface area contributed by atoms with Crippen LogP contribution in [-0.2, 0) is 0 Å². The number of para-hydroxylation sites is 1. The summed E-state index contributed by atoms with van der Waals surface area (Å²) in [4.78, 5) is 5.79. The lowest BCUT2D eigenvalue weighted by atomic mass is 10.3. The van der Waals surface area contributed by atoms with Crippen molar-refractivity contribution in [3.8, 4) is 5.75 Å². The average Bonchev–Trinajstić information content (AvgIpc) is 3.03. The van der Waals surface area contributed by atoms with Crippen molar-refractivity contribution in [1.29, 1.82) is 0 Å². The number of nitrogens with two attached hydrogens (primary N) is 1. The lowest BCUT2D eigenvalue weighted by Crippen LogP contribution is -2.58. The fraction of sp³-hybridized carbons (Fsp3) is 0.455. The SMILES string of the molecule is CC[N+](N)(Oc1ccccc1)C1CC1. The summed E-state index contributed by atoms with van der Waals surface area (Å²) in [5.41, 5.74) is 0. The molecule has 1 fully saturated rings. The van der Waals surface area contributed by atoms with Gasteiger partial charge in [0.2, 0.25) is 0 Å². The lowest BCUT2D eigenvalue weighted by Gasteiger charge is -2.28. The monoisotopic (exact) mass is 193 g/mol. The number of hydrogen-bond donors (Lipinski definition) is 1. The predicted molar refractivity (Wildman–Crippen MR) is 55.1 cm³/mol. The Morgan fingerprint density at radius 3 is 2.50 bits per heavy atom. The molecule has 0 heterocycles. The van der Waals surface area contributed by atoms with Gasteiger partial charge in [-0.05, 0) is 19.1 Å². The second kappa shape index (κ2) is 3.59. The third-order valence-electron chi connectivity index (χ3n) is 2.68. The minimum absolute atomic E-state index is 0.226. The summed E-state index contributed by atoms with van der Waals surface area (Å²) in [7, 11) is 0. The molecule has 0 aliphatic heterocycles. The molecule has 1 unspecified atom stereocenters. The molecule has 76 valence electrons. The zero-order chi connectivity index (χ0) is 10.0. The number of nitrogens with zero attached hydrogens (tertiary/aromatic N) is 1. The summed E-state index contributed by atoms with van der Waals surface area (Å²) in [5, 5.41) is 0. The molecule has 1 atom stereocenters. The van der Waals surface area contributed by atoms with Crippen molar-refractivity contribution < 1.29 is 9.59 Å². The Hall–Kier alpha value is -1.06. The van der Waals surface area contributed by atoms with Crippen LogP contribution in [0.3, 0.4) is 0 Å². The first-order valence-corrected chi connectivity index (χ1v) is 5.15. The molecule has 1 saturated carbocycles. The smallest absolute Gasteiger partial charge is 0.192 e. The molecular weight excluding hydrogens is 176 g/mol. The van der Waals surface area contributed by atoms with Crippen molar-refractivity contribution in [1.82, 2.24) is 0 Å². The zero-order valence-corrected chi connectivity index (χ0v) is 8.52. The van der Waals surface area contributed by atoms with Crippen molar-refractivity contribution >= 4 is 0 Å². The third-order valence-corrected chi connectivity index (χ3v) is 2.68.